The Balaban J connectivity index is 3.01. The van der Waals surface area contributed by atoms with Gasteiger partial charge in [-0.1, -0.05) is 18.2 Å². The van der Waals surface area contributed by atoms with E-state index < -0.39 is 29.9 Å². The van der Waals surface area contributed by atoms with Crippen molar-refractivity contribution in [2.75, 3.05) is 0 Å². The van der Waals surface area contributed by atoms with Gasteiger partial charge in [0.1, 0.15) is 11.9 Å². The van der Waals surface area contributed by atoms with E-state index in [2.05, 4.69) is 0 Å². The fourth-order valence-electron chi connectivity index (χ4n) is 1.50. The molecule has 0 unspecified atom stereocenters. The minimum Gasteiger partial charge on any atom is -0.452 e. The highest BCUT2D eigenvalue weighted by Gasteiger charge is 2.48. The Bertz CT molecular complexity index is 418. The Labute approximate surface area is 110 Å². The number of aliphatic hydroxyl groups excluding tert-OH is 3. The summed E-state index contributed by atoms with van der Waals surface area (Å²) in [5.74, 6) is -3.36. The van der Waals surface area contributed by atoms with Crippen molar-refractivity contribution >= 4 is 5.78 Å². The molecular weight excluding hydrogens is 252 g/mol. The number of aliphatic hydroxyl groups is 4. The molecule has 6 nitrogen and oxygen atoms in total. The van der Waals surface area contributed by atoms with E-state index in [0.29, 0.717) is 0 Å². The molecule has 0 amide bonds. The second kappa shape index (κ2) is 6.12. The number of ether oxygens (including phenoxy) is 1. The summed E-state index contributed by atoms with van der Waals surface area (Å²) in [6, 6.07) is 7.91. The zero-order valence-electron chi connectivity index (χ0n) is 10.7. The monoisotopic (exact) mass is 270 g/mol. The lowest BCUT2D eigenvalue weighted by molar-refractivity contribution is -0.230. The van der Waals surface area contributed by atoms with Crippen molar-refractivity contribution < 1.29 is 30.0 Å². The summed E-state index contributed by atoms with van der Waals surface area (Å²) in [4.78, 5) is 11.5. The summed E-state index contributed by atoms with van der Waals surface area (Å²) in [6.45, 7) is 2.23. The minimum absolute atomic E-state index is 0.150. The van der Waals surface area contributed by atoms with Crippen molar-refractivity contribution in [1.82, 2.24) is 0 Å². The lowest BCUT2D eigenvalue weighted by Crippen LogP contribution is -2.60. The van der Waals surface area contributed by atoms with Gasteiger partial charge in [-0.2, -0.15) is 0 Å². The smallest absolute Gasteiger partial charge is 0.296 e. The van der Waals surface area contributed by atoms with Gasteiger partial charge >= 0.3 is 0 Å². The number of benzene rings is 1. The highest BCUT2D eigenvalue weighted by molar-refractivity contribution is 5.84. The van der Waals surface area contributed by atoms with Crippen molar-refractivity contribution in [1.29, 1.82) is 0 Å². The average molecular weight is 270 g/mol. The normalized spacial score (nSPS) is 19.1. The first-order chi connectivity index (χ1) is 8.79. The van der Waals surface area contributed by atoms with Crippen LogP contribution in [0.1, 0.15) is 13.8 Å². The molecule has 0 heterocycles. The van der Waals surface area contributed by atoms with Gasteiger partial charge in [0.25, 0.3) is 5.79 Å². The topological polar surface area (TPSA) is 107 Å². The molecule has 1 aromatic rings. The second-order valence-corrected chi connectivity index (χ2v) is 4.34. The molecule has 0 saturated heterocycles. The van der Waals surface area contributed by atoms with Crippen molar-refractivity contribution in [3.63, 3.8) is 0 Å². The van der Waals surface area contributed by atoms with E-state index in [4.69, 9.17) is 4.74 Å². The predicted octanol–water partition coefficient (Wildman–Crippen LogP) is -0.554. The van der Waals surface area contributed by atoms with E-state index in [-0.39, 0.29) is 5.75 Å². The van der Waals surface area contributed by atoms with Gasteiger partial charge in [0, 0.05) is 6.92 Å². The molecule has 0 fully saturated rings. The van der Waals surface area contributed by atoms with Gasteiger partial charge in [0.05, 0.1) is 6.10 Å². The van der Waals surface area contributed by atoms with Gasteiger partial charge in [0.15, 0.2) is 6.10 Å². The molecule has 0 radical (unpaired) electrons. The van der Waals surface area contributed by atoms with E-state index in [9.17, 15) is 25.2 Å². The number of Topliss-reactive ketones (excluding diaryl/α,β-unsaturated/α-hetero) is 1. The van der Waals surface area contributed by atoms with Gasteiger partial charge in [-0.25, -0.2) is 0 Å². The highest BCUT2D eigenvalue weighted by atomic mass is 16.6. The number of ketones is 1. The Morgan fingerprint density at radius 2 is 1.74 bits per heavy atom. The van der Waals surface area contributed by atoms with E-state index >= 15 is 0 Å². The van der Waals surface area contributed by atoms with Crippen molar-refractivity contribution in [2.45, 2.75) is 37.9 Å². The first kappa shape index (κ1) is 15.6. The molecule has 6 heteroatoms. The Morgan fingerprint density at radius 1 is 1.21 bits per heavy atom. The maximum Gasteiger partial charge on any atom is 0.296 e. The first-order valence-corrected chi connectivity index (χ1v) is 5.80. The second-order valence-electron chi connectivity index (χ2n) is 4.34. The molecule has 0 aliphatic carbocycles. The Kier molecular flexibility index (Phi) is 5.02. The lowest BCUT2D eigenvalue weighted by Gasteiger charge is -2.34. The summed E-state index contributed by atoms with van der Waals surface area (Å²) in [6.07, 6.45) is -5.04. The van der Waals surface area contributed by atoms with E-state index in [1.54, 1.807) is 18.2 Å². The number of para-hydroxylation sites is 1. The lowest BCUT2D eigenvalue weighted by atomic mass is 9.97. The largest absolute Gasteiger partial charge is 0.452 e. The highest BCUT2D eigenvalue weighted by Crippen LogP contribution is 2.23. The van der Waals surface area contributed by atoms with Crippen molar-refractivity contribution in [3.05, 3.63) is 30.3 Å². The molecule has 4 atom stereocenters. The predicted molar refractivity (Wildman–Crippen MR) is 66.4 cm³/mol. The van der Waals surface area contributed by atoms with E-state index in [0.717, 1.165) is 6.92 Å². The molecule has 1 rings (SSSR count). The maximum atomic E-state index is 11.5. The van der Waals surface area contributed by atoms with Crippen molar-refractivity contribution in [3.8, 4) is 5.75 Å². The van der Waals surface area contributed by atoms with Crippen LogP contribution >= 0.6 is 0 Å². The number of hydrogen-bond acceptors (Lipinski definition) is 6. The summed E-state index contributed by atoms with van der Waals surface area (Å²) in [7, 11) is 0. The van der Waals surface area contributed by atoms with Gasteiger partial charge in [-0.3, -0.25) is 4.79 Å². The average Bonchev–Trinajstić information content (AvgIpc) is 2.37. The SMILES string of the molecule is CC(=O)[C@@](O)(Oc1ccccc1)[C@H](O)[C@@H](O)[C@H](C)O. The third-order valence-corrected chi connectivity index (χ3v) is 2.74. The Hall–Kier alpha value is -1.47. The number of hydrogen-bond donors (Lipinski definition) is 4. The van der Waals surface area contributed by atoms with Crippen LogP contribution in [-0.4, -0.2) is 50.3 Å². The summed E-state index contributed by atoms with van der Waals surface area (Å²) < 4.78 is 5.08. The zero-order valence-corrected chi connectivity index (χ0v) is 10.7. The third kappa shape index (κ3) is 3.51. The molecule has 0 aliphatic rings. The quantitative estimate of drug-likeness (QED) is 0.516. The standard InChI is InChI=1S/C13H18O6/c1-8(14)11(16)12(17)13(18,9(2)15)19-10-6-4-3-5-7-10/h3-8,11-12,14,16-18H,1-2H3/t8-,11-,12+,13+/m0/s1. The number of carbonyl (C=O) groups excluding carboxylic acids is 1. The van der Waals surface area contributed by atoms with Gasteiger partial charge in [-0.05, 0) is 19.1 Å². The van der Waals surface area contributed by atoms with E-state index in [1.165, 1.54) is 19.1 Å². The van der Waals surface area contributed by atoms with Crippen LogP contribution in [0.5, 0.6) is 5.75 Å². The van der Waals surface area contributed by atoms with Gasteiger partial charge in [-0.15, -0.1) is 0 Å². The fraction of sp³-hybridized carbons (Fsp3) is 0.462. The maximum absolute atomic E-state index is 11.5. The molecule has 4 N–H and O–H groups in total. The van der Waals surface area contributed by atoms with Crippen LogP contribution in [0, 0.1) is 0 Å². The molecule has 19 heavy (non-hydrogen) atoms. The zero-order chi connectivity index (χ0) is 14.6. The Morgan fingerprint density at radius 3 is 2.16 bits per heavy atom. The van der Waals surface area contributed by atoms with Crippen LogP contribution in [0.2, 0.25) is 0 Å². The fourth-order valence-corrected chi connectivity index (χ4v) is 1.50. The number of rotatable bonds is 6. The molecule has 0 aliphatic heterocycles. The summed E-state index contributed by atoms with van der Waals surface area (Å²) in [5.41, 5.74) is 0. The molecule has 1 aromatic carbocycles. The van der Waals surface area contributed by atoms with Crippen molar-refractivity contribution in [2.24, 2.45) is 0 Å². The van der Waals surface area contributed by atoms with E-state index in [1.807, 2.05) is 0 Å². The molecule has 106 valence electrons. The van der Waals surface area contributed by atoms with Crippen LogP contribution < -0.4 is 4.74 Å². The summed E-state index contributed by atoms with van der Waals surface area (Å²) in [5, 5.41) is 38.7. The molecule has 0 aromatic heterocycles. The molecule has 0 spiro atoms. The van der Waals surface area contributed by atoms with Gasteiger partial charge in [0.2, 0.25) is 5.78 Å². The van der Waals surface area contributed by atoms with Crippen LogP contribution in [0.25, 0.3) is 0 Å². The third-order valence-electron chi connectivity index (χ3n) is 2.74. The van der Waals surface area contributed by atoms with Crippen LogP contribution in [0.3, 0.4) is 0 Å². The van der Waals surface area contributed by atoms with Gasteiger partial charge < -0.3 is 25.2 Å². The molecule has 0 saturated carbocycles. The first-order valence-electron chi connectivity index (χ1n) is 5.80. The van der Waals surface area contributed by atoms with Crippen LogP contribution in [0.4, 0.5) is 0 Å². The molecule has 0 bridgehead atoms. The summed E-state index contributed by atoms with van der Waals surface area (Å²) >= 11 is 0. The molecular formula is C13H18O6. The van der Waals surface area contributed by atoms with Crippen LogP contribution in [-0.2, 0) is 4.79 Å². The minimum atomic E-state index is -2.63. The number of carbonyl (C=O) groups is 1. The van der Waals surface area contributed by atoms with Crippen LogP contribution in [0.15, 0.2) is 30.3 Å².